The third kappa shape index (κ3) is 66.6. The summed E-state index contributed by atoms with van der Waals surface area (Å²) >= 11 is 0. The van der Waals surface area contributed by atoms with Crippen molar-refractivity contribution in [2.45, 2.75) is 329 Å². The molecule has 0 heterocycles. The van der Waals surface area contributed by atoms with Crippen LogP contribution in [-0.2, 0) is 28.6 Å². The Morgan fingerprint density at radius 1 is 0.256 bits per heavy atom. The molecule has 0 bridgehead atoms. The lowest BCUT2D eigenvalue weighted by Crippen LogP contribution is -2.30. The smallest absolute Gasteiger partial charge is 0.306 e. The Balaban J connectivity index is 4.34. The Labute approximate surface area is 507 Å². The fraction of sp³-hybridized carbons (Fsp3) is 0.697. The van der Waals surface area contributed by atoms with E-state index in [1.807, 2.05) is 0 Å². The van der Waals surface area contributed by atoms with Gasteiger partial charge in [0, 0.05) is 19.3 Å². The van der Waals surface area contributed by atoms with Gasteiger partial charge in [0.1, 0.15) is 13.2 Å². The van der Waals surface area contributed by atoms with E-state index in [1.165, 1.54) is 154 Å². The van der Waals surface area contributed by atoms with Crippen LogP contribution in [-0.4, -0.2) is 37.2 Å². The standard InChI is InChI=1S/C76H128O6/c1-4-7-10-13-16-19-22-25-28-30-32-34-36-37-38-39-41-42-44-46-48-51-54-57-60-63-66-69-75(78)81-72-73(71-80-74(77)68-65-62-59-56-53-50-27-24-21-18-15-12-9-6-3)82-76(79)70-67-64-61-58-55-52-49-47-45-43-40-35-33-31-29-26-23-20-17-14-11-8-5-2/h7-8,10-11,16-17,19-20,24-29,32-35,43,45,73H,4-6,9,12-15,18,21-23,30-31,36-42,44,46-72H2,1-3H3/b10-7-,11-8-,19-16-,20-17-,27-24-,28-25-,29-26-,34-32-,35-33-,45-43-. The second-order valence-electron chi connectivity index (χ2n) is 22.7. The third-order valence-corrected chi connectivity index (χ3v) is 14.7. The van der Waals surface area contributed by atoms with Gasteiger partial charge in [-0.15, -0.1) is 0 Å². The maximum atomic E-state index is 13.0. The van der Waals surface area contributed by atoms with Crippen molar-refractivity contribution >= 4 is 17.9 Å². The molecule has 0 aromatic heterocycles. The van der Waals surface area contributed by atoms with Crippen molar-refractivity contribution in [2.24, 2.45) is 0 Å². The van der Waals surface area contributed by atoms with E-state index in [2.05, 4.69) is 142 Å². The highest BCUT2D eigenvalue weighted by Crippen LogP contribution is 2.16. The molecule has 0 radical (unpaired) electrons. The van der Waals surface area contributed by atoms with E-state index in [0.717, 1.165) is 128 Å². The number of allylic oxidation sites excluding steroid dienone is 20. The summed E-state index contributed by atoms with van der Waals surface area (Å²) < 4.78 is 17.0. The molecule has 0 fully saturated rings. The van der Waals surface area contributed by atoms with Crippen molar-refractivity contribution in [2.75, 3.05) is 13.2 Å². The Hall–Kier alpha value is -4.19. The van der Waals surface area contributed by atoms with Crippen LogP contribution in [0.1, 0.15) is 323 Å². The molecule has 468 valence electrons. The predicted molar refractivity (Wildman–Crippen MR) is 357 cm³/mol. The monoisotopic (exact) mass is 1140 g/mol. The summed E-state index contributed by atoms with van der Waals surface area (Å²) in [5.74, 6) is -0.896. The van der Waals surface area contributed by atoms with E-state index in [9.17, 15) is 14.4 Å². The third-order valence-electron chi connectivity index (χ3n) is 14.7. The molecule has 0 saturated carbocycles. The van der Waals surface area contributed by atoms with Gasteiger partial charge in [0.05, 0.1) is 0 Å². The van der Waals surface area contributed by atoms with Crippen LogP contribution in [0.25, 0.3) is 0 Å². The Morgan fingerprint density at radius 3 is 0.756 bits per heavy atom. The quantitative estimate of drug-likeness (QED) is 0.0261. The molecular formula is C76H128O6. The van der Waals surface area contributed by atoms with Crippen LogP contribution < -0.4 is 0 Å². The number of esters is 3. The molecule has 0 amide bonds. The number of ether oxygens (including phenoxy) is 3. The van der Waals surface area contributed by atoms with Crippen LogP contribution in [0.3, 0.4) is 0 Å². The van der Waals surface area contributed by atoms with E-state index >= 15 is 0 Å². The number of hydrogen-bond donors (Lipinski definition) is 0. The van der Waals surface area contributed by atoms with Gasteiger partial charge >= 0.3 is 17.9 Å². The number of carbonyl (C=O) groups is 3. The predicted octanol–water partition coefficient (Wildman–Crippen LogP) is 23.9. The molecular weight excluding hydrogens is 1010 g/mol. The first-order chi connectivity index (χ1) is 40.5. The fourth-order valence-electron chi connectivity index (χ4n) is 9.57. The molecule has 0 aromatic carbocycles. The summed E-state index contributed by atoms with van der Waals surface area (Å²) in [6.07, 6.45) is 96.4. The Morgan fingerprint density at radius 2 is 0.476 bits per heavy atom. The Bertz CT molecular complexity index is 1690. The summed E-state index contributed by atoms with van der Waals surface area (Å²) in [4.78, 5) is 38.4. The van der Waals surface area contributed by atoms with Gasteiger partial charge in [-0.3, -0.25) is 14.4 Å². The number of hydrogen-bond acceptors (Lipinski definition) is 6. The van der Waals surface area contributed by atoms with E-state index in [4.69, 9.17) is 14.2 Å². The normalized spacial score (nSPS) is 12.9. The molecule has 0 saturated heterocycles. The minimum atomic E-state index is -0.792. The van der Waals surface area contributed by atoms with Crippen molar-refractivity contribution in [1.82, 2.24) is 0 Å². The summed E-state index contributed by atoms with van der Waals surface area (Å²) in [5.41, 5.74) is 0. The lowest BCUT2D eigenvalue weighted by Gasteiger charge is -2.18. The lowest BCUT2D eigenvalue weighted by atomic mass is 10.0. The van der Waals surface area contributed by atoms with Gasteiger partial charge in [0.25, 0.3) is 0 Å². The van der Waals surface area contributed by atoms with Crippen LogP contribution in [0.15, 0.2) is 122 Å². The van der Waals surface area contributed by atoms with Gasteiger partial charge in [-0.25, -0.2) is 0 Å². The minimum absolute atomic E-state index is 0.0859. The van der Waals surface area contributed by atoms with Gasteiger partial charge in [-0.1, -0.05) is 296 Å². The molecule has 0 spiro atoms. The van der Waals surface area contributed by atoms with Crippen LogP contribution in [0.4, 0.5) is 0 Å². The van der Waals surface area contributed by atoms with Gasteiger partial charge < -0.3 is 14.2 Å². The van der Waals surface area contributed by atoms with Crippen LogP contribution in [0, 0.1) is 0 Å². The van der Waals surface area contributed by atoms with Gasteiger partial charge in [0.2, 0.25) is 0 Å². The van der Waals surface area contributed by atoms with Crippen LogP contribution in [0.5, 0.6) is 0 Å². The zero-order valence-electron chi connectivity index (χ0n) is 53.7. The van der Waals surface area contributed by atoms with Crippen molar-refractivity contribution in [3.8, 4) is 0 Å². The summed E-state index contributed by atoms with van der Waals surface area (Å²) in [7, 11) is 0. The van der Waals surface area contributed by atoms with Crippen molar-refractivity contribution in [3.63, 3.8) is 0 Å². The molecule has 1 unspecified atom stereocenters. The number of unbranched alkanes of at least 4 members (excludes halogenated alkanes) is 31. The SMILES string of the molecule is CC/C=C\C/C=C\C/C=C\C/C=C\C/C=C\CCCCCCCCCC(=O)OC(COC(=O)CCCCCCC/C=C\CCCCCCC)COC(=O)CCCCCCCCCCCCCCCC/C=C\C/C=C\C/C=C\C/C=C\CC. The van der Waals surface area contributed by atoms with Gasteiger partial charge in [0.15, 0.2) is 6.10 Å². The minimum Gasteiger partial charge on any atom is -0.462 e. The van der Waals surface area contributed by atoms with E-state index in [0.29, 0.717) is 19.3 Å². The summed E-state index contributed by atoms with van der Waals surface area (Å²) in [6.45, 7) is 6.42. The van der Waals surface area contributed by atoms with Crippen molar-refractivity contribution in [1.29, 1.82) is 0 Å². The first-order valence-corrected chi connectivity index (χ1v) is 34.5. The number of carbonyl (C=O) groups excluding carboxylic acids is 3. The highest BCUT2D eigenvalue weighted by atomic mass is 16.6. The molecule has 0 rings (SSSR count). The first kappa shape index (κ1) is 77.8. The maximum absolute atomic E-state index is 13.0. The Kier molecular flexibility index (Phi) is 65.8. The molecule has 6 nitrogen and oxygen atoms in total. The highest BCUT2D eigenvalue weighted by molar-refractivity contribution is 5.71. The second kappa shape index (κ2) is 69.3. The molecule has 1 atom stereocenters. The van der Waals surface area contributed by atoms with E-state index in [-0.39, 0.29) is 31.1 Å². The molecule has 0 aliphatic carbocycles. The topological polar surface area (TPSA) is 78.9 Å². The van der Waals surface area contributed by atoms with E-state index < -0.39 is 6.10 Å². The average Bonchev–Trinajstić information content (AvgIpc) is 3.47. The largest absolute Gasteiger partial charge is 0.462 e. The fourth-order valence-corrected chi connectivity index (χ4v) is 9.57. The first-order valence-electron chi connectivity index (χ1n) is 34.5. The zero-order valence-corrected chi connectivity index (χ0v) is 53.7. The molecule has 82 heavy (non-hydrogen) atoms. The zero-order chi connectivity index (χ0) is 59.2. The summed E-state index contributed by atoms with van der Waals surface area (Å²) in [6, 6.07) is 0. The molecule has 0 N–H and O–H groups in total. The highest BCUT2D eigenvalue weighted by Gasteiger charge is 2.19. The second-order valence-corrected chi connectivity index (χ2v) is 22.7. The van der Waals surface area contributed by atoms with Crippen molar-refractivity contribution < 1.29 is 28.6 Å². The average molecular weight is 1140 g/mol. The lowest BCUT2D eigenvalue weighted by molar-refractivity contribution is -0.167. The molecule has 0 aliphatic rings. The van der Waals surface area contributed by atoms with Gasteiger partial charge in [-0.2, -0.15) is 0 Å². The summed E-state index contributed by atoms with van der Waals surface area (Å²) in [5, 5.41) is 0. The molecule has 0 aromatic rings. The van der Waals surface area contributed by atoms with Crippen LogP contribution >= 0.6 is 0 Å². The van der Waals surface area contributed by atoms with Crippen LogP contribution in [0.2, 0.25) is 0 Å². The molecule has 0 aliphatic heterocycles. The van der Waals surface area contributed by atoms with Gasteiger partial charge in [-0.05, 0) is 128 Å². The van der Waals surface area contributed by atoms with Crippen molar-refractivity contribution in [3.05, 3.63) is 122 Å². The number of rotatable bonds is 62. The molecule has 6 heteroatoms. The maximum Gasteiger partial charge on any atom is 0.306 e. The van der Waals surface area contributed by atoms with E-state index in [1.54, 1.807) is 0 Å².